The van der Waals surface area contributed by atoms with Crippen molar-refractivity contribution in [3.05, 3.63) is 191 Å². The van der Waals surface area contributed by atoms with Crippen LogP contribution in [-0.2, 0) is 10.8 Å². The van der Waals surface area contributed by atoms with Crippen molar-refractivity contribution in [1.29, 1.82) is 0 Å². The molecule has 0 saturated carbocycles. The number of rotatable bonds is 9. The maximum absolute atomic E-state index is 12.8. The average molecular weight is 899 g/mol. The molecular weight excluding hydrogens is 827 g/mol. The van der Waals surface area contributed by atoms with Crippen molar-refractivity contribution in [2.75, 3.05) is 0 Å². The zero-order chi connectivity index (χ0) is 54.3. The van der Waals surface area contributed by atoms with E-state index in [1.807, 2.05) is 68.4 Å². The molecule has 4 heteroatoms. The summed E-state index contributed by atoms with van der Waals surface area (Å²) < 4.78 is 66.6. The van der Waals surface area contributed by atoms with E-state index < -0.39 is 35.6 Å². The van der Waals surface area contributed by atoms with Gasteiger partial charge in [0.25, 0.3) is 0 Å². The molecule has 68 heavy (non-hydrogen) atoms. The van der Waals surface area contributed by atoms with Crippen LogP contribution in [-0.4, -0.2) is 19.6 Å². The van der Waals surface area contributed by atoms with E-state index in [-0.39, 0.29) is 46.2 Å². The van der Waals surface area contributed by atoms with Gasteiger partial charge >= 0.3 is 0 Å². The van der Waals surface area contributed by atoms with Crippen LogP contribution in [0.25, 0.3) is 83.9 Å². The van der Waals surface area contributed by atoms with Crippen LogP contribution in [0.2, 0.25) is 0 Å². The summed E-state index contributed by atoms with van der Waals surface area (Å²) in [6, 6.07) is 33.4. The van der Waals surface area contributed by atoms with Crippen molar-refractivity contribution in [2.45, 2.75) is 106 Å². The Morgan fingerprint density at radius 3 is 1.85 bits per heavy atom. The van der Waals surface area contributed by atoms with Gasteiger partial charge in [-0.1, -0.05) is 166 Å². The molecule has 0 bridgehead atoms. The van der Waals surface area contributed by atoms with Crippen LogP contribution in [0.15, 0.2) is 158 Å². The first-order valence-electron chi connectivity index (χ1n) is 27.2. The fourth-order valence-corrected chi connectivity index (χ4v) is 9.45. The molecule has 0 spiro atoms. The third-order valence-electron chi connectivity index (χ3n) is 13.1. The first kappa shape index (κ1) is 38.0. The predicted molar refractivity (Wildman–Crippen MR) is 288 cm³/mol. The molecular formula is C64H65N3O. The van der Waals surface area contributed by atoms with Gasteiger partial charge in [-0.15, -0.1) is 0 Å². The Morgan fingerprint density at radius 1 is 0.574 bits per heavy atom. The molecule has 2 heterocycles. The standard InChI is InChI=1S/C64H65N3O/c1-39(2)52-34-47(44-25-17-14-18-26-44)35-53(40(3)4)60(52)67-57-28-20-27-51(59(57)66-62(67)54-37-50(63(7,8)9)38-55(61(54)68)64(10,11)12)48-31-46(43-23-15-13-16-24-43)32-49(33-48)56-36-45(29-30-65-56)58-41(5)21-19-22-42(58)6/h13-40,68H,1-12H3/i13D,15D,16D,23D,24D,31D,32D. The number of aryl methyl sites for hydroxylation is 2. The number of fused-ring (bicyclic) bond motifs is 1. The van der Waals surface area contributed by atoms with Gasteiger partial charge in [0.1, 0.15) is 11.6 Å². The molecule has 0 radical (unpaired) electrons. The van der Waals surface area contributed by atoms with Gasteiger partial charge in [-0.2, -0.15) is 0 Å². The third kappa shape index (κ3) is 8.69. The topological polar surface area (TPSA) is 50.9 Å². The molecule has 0 aliphatic carbocycles. The highest BCUT2D eigenvalue weighted by Crippen LogP contribution is 2.47. The zero-order valence-electron chi connectivity index (χ0n) is 48.4. The lowest BCUT2D eigenvalue weighted by atomic mass is 9.78. The maximum Gasteiger partial charge on any atom is 0.149 e. The van der Waals surface area contributed by atoms with Crippen LogP contribution < -0.4 is 0 Å². The molecule has 9 aromatic rings. The van der Waals surface area contributed by atoms with Gasteiger partial charge in [-0.3, -0.25) is 9.55 Å². The lowest BCUT2D eigenvalue weighted by Crippen LogP contribution is -2.17. The Bertz CT molecular complexity index is 3670. The number of para-hydroxylation sites is 1. The fourth-order valence-electron chi connectivity index (χ4n) is 9.45. The van der Waals surface area contributed by atoms with E-state index in [0.717, 1.165) is 61.3 Å². The molecule has 1 N–H and O–H groups in total. The van der Waals surface area contributed by atoms with Gasteiger partial charge in [0.2, 0.25) is 0 Å². The van der Waals surface area contributed by atoms with Crippen LogP contribution >= 0.6 is 0 Å². The van der Waals surface area contributed by atoms with Gasteiger partial charge in [0.05, 0.1) is 37.6 Å². The summed E-state index contributed by atoms with van der Waals surface area (Å²) in [7, 11) is 0. The van der Waals surface area contributed by atoms with Crippen LogP contribution in [0.5, 0.6) is 5.75 Å². The Kier molecular flexibility index (Phi) is 9.99. The number of hydrogen-bond acceptors (Lipinski definition) is 3. The number of phenols is 1. The van der Waals surface area contributed by atoms with E-state index in [9.17, 15) is 10.6 Å². The van der Waals surface area contributed by atoms with Crippen molar-refractivity contribution in [3.63, 3.8) is 0 Å². The second-order valence-electron chi connectivity index (χ2n) is 20.8. The Labute approximate surface area is 414 Å². The van der Waals surface area contributed by atoms with E-state index in [2.05, 4.69) is 122 Å². The second-order valence-corrected chi connectivity index (χ2v) is 20.8. The molecule has 0 aliphatic heterocycles. The number of nitrogens with zero attached hydrogens (tertiary/aromatic N) is 3. The van der Waals surface area contributed by atoms with Crippen molar-refractivity contribution < 1.29 is 14.7 Å². The van der Waals surface area contributed by atoms with E-state index in [4.69, 9.17) is 14.1 Å². The predicted octanol–water partition coefficient (Wildman–Crippen LogP) is 17.6. The Hall–Kier alpha value is -7.04. The molecule has 0 unspecified atom stereocenters. The summed E-state index contributed by atoms with van der Waals surface area (Å²) in [6.07, 6.45) is 1.69. The van der Waals surface area contributed by atoms with Crippen molar-refractivity contribution in [3.8, 4) is 78.6 Å². The molecule has 9 rings (SSSR count). The van der Waals surface area contributed by atoms with Crippen LogP contribution in [0.1, 0.15) is 124 Å². The second kappa shape index (κ2) is 17.9. The third-order valence-corrected chi connectivity index (χ3v) is 13.1. The number of aromatic hydroxyl groups is 1. The molecule has 0 atom stereocenters. The van der Waals surface area contributed by atoms with Gasteiger partial charge in [0, 0.05) is 22.9 Å². The number of hydrogen-bond donors (Lipinski definition) is 1. The van der Waals surface area contributed by atoms with Gasteiger partial charge in [0.15, 0.2) is 0 Å². The molecule has 4 nitrogen and oxygen atoms in total. The number of phenolic OH excluding ortho intramolecular Hbond substituents is 1. The quantitative estimate of drug-likeness (QED) is 0.157. The summed E-state index contributed by atoms with van der Waals surface area (Å²) >= 11 is 0. The monoisotopic (exact) mass is 899 g/mol. The SMILES string of the molecule is [2H]c1c([2H])c([2H])c(-c2c([2H])c(-c3cc(-c4c(C)cccc4C)ccn3)cc(-c3cccc4c3nc(-c3cc(C(C)(C)C)cc(C(C)(C)C)c3O)n4-c3c(C(C)C)cc(-c4ccccc4)cc3C(C)C)c2[2H])c([2H])c1[2H]. The fraction of sp³-hybridized carbons (Fsp3) is 0.250. The molecule has 7 aromatic carbocycles. The summed E-state index contributed by atoms with van der Waals surface area (Å²) in [4.78, 5) is 10.5. The number of imidazole rings is 1. The summed E-state index contributed by atoms with van der Waals surface area (Å²) in [6.45, 7) is 25.6. The summed E-state index contributed by atoms with van der Waals surface area (Å²) in [5, 5.41) is 12.8. The molecule has 342 valence electrons. The van der Waals surface area contributed by atoms with Crippen molar-refractivity contribution in [2.24, 2.45) is 0 Å². The van der Waals surface area contributed by atoms with Gasteiger partial charge < -0.3 is 5.11 Å². The Morgan fingerprint density at radius 2 is 1.22 bits per heavy atom. The number of pyridine rings is 1. The lowest BCUT2D eigenvalue weighted by molar-refractivity contribution is 0.446. The molecule has 0 aliphatic rings. The molecule has 0 fully saturated rings. The smallest absolute Gasteiger partial charge is 0.149 e. The van der Waals surface area contributed by atoms with Crippen molar-refractivity contribution in [1.82, 2.24) is 14.5 Å². The van der Waals surface area contributed by atoms with Crippen molar-refractivity contribution >= 4 is 11.0 Å². The molecule has 0 amide bonds. The van der Waals surface area contributed by atoms with E-state index >= 15 is 0 Å². The largest absolute Gasteiger partial charge is 0.507 e. The Balaban J connectivity index is 1.46. The number of benzene rings is 7. The average Bonchev–Trinajstić information content (AvgIpc) is 3.78. The van der Waals surface area contributed by atoms with Crippen LogP contribution in [0.4, 0.5) is 0 Å². The van der Waals surface area contributed by atoms with Crippen LogP contribution in [0.3, 0.4) is 0 Å². The minimum absolute atomic E-state index is 0.0349. The molecule has 0 saturated heterocycles. The lowest BCUT2D eigenvalue weighted by Gasteiger charge is -2.28. The van der Waals surface area contributed by atoms with Gasteiger partial charge in [-0.25, -0.2) is 4.98 Å². The minimum Gasteiger partial charge on any atom is -0.507 e. The highest BCUT2D eigenvalue weighted by atomic mass is 16.3. The maximum atomic E-state index is 12.8. The summed E-state index contributed by atoms with van der Waals surface area (Å²) in [5.74, 6) is 0.688. The zero-order valence-corrected chi connectivity index (χ0v) is 41.4. The van der Waals surface area contributed by atoms with E-state index in [0.29, 0.717) is 44.8 Å². The van der Waals surface area contributed by atoms with E-state index in [1.54, 1.807) is 12.3 Å². The summed E-state index contributed by atoms with van der Waals surface area (Å²) in [5.41, 5.74) is 13.2. The van der Waals surface area contributed by atoms with Gasteiger partial charge in [-0.05, 0) is 158 Å². The molecule has 2 aromatic heterocycles. The highest BCUT2D eigenvalue weighted by molar-refractivity contribution is 5.98. The first-order valence-corrected chi connectivity index (χ1v) is 23.7. The normalized spacial score (nSPS) is 13.6. The van der Waals surface area contributed by atoms with Crippen LogP contribution in [0, 0.1) is 13.8 Å². The number of aromatic nitrogens is 3. The first-order chi connectivity index (χ1) is 35.3. The minimum atomic E-state index is -0.569. The van der Waals surface area contributed by atoms with E-state index in [1.165, 1.54) is 0 Å². The highest BCUT2D eigenvalue weighted by Gasteiger charge is 2.31.